The number of carboxylic acids is 1. The summed E-state index contributed by atoms with van der Waals surface area (Å²) in [5.41, 5.74) is 1.00. The van der Waals surface area contributed by atoms with Crippen LogP contribution in [0, 0.1) is 6.92 Å². The molecule has 1 aliphatic rings. The lowest BCUT2D eigenvalue weighted by atomic mass is 10.3. The summed E-state index contributed by atoms with van der Waals surface area (Å²) in [5, 5.41) is 21.0. The maximum atomic E-state index is 10.8. The molecule has 2 heterocycles. The summed E-state index contributed by atoms with van der Waals surface area (Å²) >= 11 is 2.83. The van der Waals surface area contributed by atoms with E-state index in [1.54, 1.807) is 11.3 Å². The number of thioether (sulfide) groups is 1. The molecule has 1 atom stereocenters. The Bertz CT molecular complexity index is 663. The fraction of sp³-hybridized carbons (Fsp3) is 0.538. The molecule has 0 aliphatic heterocycles. The van der Waals surface area contributed by atoms with Gasteiger partial charge in [-0.2, -0.15) is 0 Å². The number of rotatable bonds is 6. The number of aryl methyl sites for hydroxylation is 1. The van der Waals surface area contributed by atoms with Gasteiger partial charge in [0.1, 0.15) is 10.8 Å². The predicted molar refractivity (Wildman–Crippen MR) is 81.0 cm³/mol. The van der Waals surface area contributed by atoms with E-state index >= 15 is 0 Å². The quantitative estimate of drug-likeness (QED) is 0.823. The Labute approximate surface area is 130 Å². The van der Waals surface area contributed by atoms with Gasteiger partial charge in [-0.15, -0.1) is 21.5 Å². The Hall–Kier alpha value is -1.41. The molecule has 0 bridgehead atoms. The number of thiazole rings is 1. The molecule has 1 saturated carbocycles. The van der Waals surface area contributed by atoms with Crippen molar-refractivity contribution in [3.8, 4) is 0 Å². The number of carbonyl (C=O) groups is 1. The van der Waals surface area contributed by atoms with Gasteiger partial charge in [0.25, 0.3) is 0 Å². The second kappa shape index (κ2) is 5.76. The molecule has 0 spiro atoms. The Morgan fingerprint density at radius 1 is 1.57 bits per heavy atom. The lowest BCUT2D eigenvalue weighted by molar-refractivity contribution is -0.133. The van der Waals surface area contributed by atoms with Gasteiger partial charge in [0, 0.05) is 17.0 Å². The molecular formula is C13H16N4O2S2. The van der Waals surface area contributed by atoms with Gasteiger partial charge < -0.3 is 5.11 Å². The highest BCUT2D eigenvalue weighted by Crippen LogP contribution is 2.42. The lowest BCUT2D eigenvalue weighted by Crippen LogP contribution is -2.12. The zero-order valence-corrected chi connectivity index (χ0v) is 13.4. The topological polar surface area (TPSA) is 80.9 Å². The van der Waals surface area contributed by atoms with Crippen molar-refractivity contribution in [2.45, 2.75) is 43.8 Å². The summed E-state index contributed by atoms with van der Waals surface area (Å²) in [7, 11) is 0. The van der Waals surface area contributed by atoms with Gasteiger partial charge in [0.05, 0.1) is 11.8 Å². The number of carboxylic acid groups (broad SMARTS) is 1. The second-order valence-electron chi connectivity index (χ2n) is 5.17. The summed E-state index contributed by atoms with van der Waals surface area (Å²) in [6.07, 6.45) is 2.26. The van der Waals surface area contributed by atoms with Gasteiger partial charge >= 0.3 is 5.97 Å². The van der Waals surface area contributed by atoms with E-state index < -0.39 is 5.97 Å². The highest BCUT2D eigenvalue weighted by Gasteiger charge is 2.33. The monoisotopic (exact) mass is 324 g/mol. The number of hydrogen-bond acceptors (Lipinski definition) is 6. The van der Waals surface area contributed by atoms with Gasteiger partial charge in [-0.05, 0) is 26.7 Å². The molecule has 2 aromatic heterocycles. The van der Waals surface area contributed by atoms with E-state index in [9.17, 15) is 4.79 Å². The SMILES string of the molecule is Cc1csc(C(C)n2c(SCC(=O)O)nnc2C2CC2)n1. The normalized spacial score (nSPS) is 16.1. The number of aliphatic carboxylic acids is 1. The summed E-state index contributed by atoms with van der Waals surface area (Å²) in [5.74, 6) is 0.565. The first kappa shape index (κ1) is 14.5. The molecule has 1 N–H and O–H groups in total. The van der Waals surface area contributed by atoms with Gasteiger partial charge in [-0.1, -0.05) is 11.8 Å². The fourth-order valence-corrected chi connectivity index (χ4v) is 3.76. The van der Waals surface area contributed by atoms with Crippen molar-refractivity contribution in [2.75, 3.05) is 5.75 Å². The van der Waals surface area contributed by atoms with E-state index in [1.807, 2.05) is 12.3 Å². The van der Waals surface area contributed by atoms with Gasteiger partial charge in [-0.3, -0.25) is 9.36 Å². The molecule has 2 aromatic rings. The van der Waals surface area contributed by atoms with E-state index in [1.165, 1.54) is 11.8 Å². The molecular weight excluding hydrogens is 308 g/mol. The standard InChI is InChI=1S/C13H16N4O2S2/c1-7-5-20-12(14-7)8(2)17-11(9-3-4-9)15-16-13(17)21-6-10(18)19/h5,8-9H,3-4,6H2,1-2H3,(H,18,19). The van der Waals surface area contributed by atoms with Crippen molar-refractivity contribution in [2.24, 2.45) is 0 Å². The molecule has 6 nitrogen and oxygen atoms in total. The minimum absolute atomic E-state index is 0.00752. The maximum absolute atomic E-state index is 10.8. The third kappa shape index (κ3) is 3.11. The zero-order chi connectivity index (χ0) is 15.0. The van der Waals surface area contributed by atoms with E-state index in [4.69, 9.17) is 5.11 Å². The third-order valence-electron chi connectivity index (χ3n) is 3.34. The van der Waals surface area contributed by atoms with Crippen LogP contribution >= 0.6 is 23.1 Å². The van der Waals surface area contributed by atoms with Gasteiger partial charge in [0.2, 0.25) is 0 Å². The van der Waals surface area contributed by atoms with E-state index in [-0.39, 0.29) is 11.8 Å². The lowest BCUT2D eigenvalue weighted by Gasteiger charge is -2.15. The molecule has 0 aromatic carbocycles. The van der Waals surface area contributed by atoms with Crippen LogP contribution in [-0.4, -0.2) is 36.6 Å². The second-order valence-corrected chi connectivity index (χ2v) is 7.00. The highest BCUT2D eigenvalue weighted by molar-refractivity contribution is 7.99. The Kier molecular flexibility index (Phi) is 3.99. The first-order chi connectivity index (χ1) is 10.1. The average molecular weight is 324 g/mol. The van der Waals surface area contributed by atoms with Crippen LogP contribution in [0.3, 0.4) is 0 Å². The van der Waals surface area contributed by atoms with Crippen LogP contribution in [0.25, 0.3) is 0 Å². The van der Waals surface area contributed by atoms with E-state index in [0.29, 0.717) is 11.1 Å². The van der Waals surface area contributed by atoms with Gasteiger partial charge in [0.15, 0.2) is 5.16 Å². The summed E-state index contributed by atoms with van der Waals surface area (Å²) in [4.78, 5) is 15.3. The van der Waals surface area contributed by atoms with Crippen molar-refractivity contribution in [1.82, 2.24) is 19.7 Å². The Balaban J connectivity index is 1.93. The van der Waals surface area contributed by atoms with E-state index in [2.05, 4.69) is 26.7 Å². The third-order valence-corrected chi connectivity index (χ3v) is 5.40. The van der Waals surface area contributed by atoms with Crippen LogP contribution < -0.4 is 0 Å². The smallest absolute Gasteiger partial charge is 0.313 e. The Morgan fingerprint density at radius 3 is 2.90 bits per heavy atom. The zero-order valence-electron chi connectivity index (χ0n) is 11.8. The van der Waals surface area contributed by atoms with Crippen LogP contribution in [0.4, 0.5) is 0 Å². The minimum Gasteiger partial charge on any atom is -0.481 e. The maximum Gasteiger partial charge on any atom is 0.313 e. The van der Waals surface area contributed by atoms with Gasteiger partial charge in [-0.25, -0.2) is 4.98 Å². The van der Waals surface area contributed by atoms with Crippen molar-refractivity contribution < 1.29 is 9.90 Å². The predicted octanol–water partition coefficient (Wildman–Crippen LogP) is 2.71. The fourth-order valence-electron chi connectivity index (χ4n) is 2.17. The first-order valence-electron chi connectivity index (χ1n) is 6.77. The number of nitrogens with zero attached hydrogens (tertiary/aromatic N) is 4. The molecule has 1 unspecified atom stereocenters. The molecule has 0 radical (unpaired) electrons. The molecule has 112 valence electrons. The highest BCUT2D eigenvalue weighted by atomic mass is 32.2. The molecule has 3 rings (SSSR count). The van der Waals surface area contributed by atoms with Crippen molar-refractivity contribution in [3.05, 3.63) is 21.9 Å². The molecule has 8 heteroatoms. The molecule has 21 heavy (non-hydrogen) atoms. The van der Waals surface area contributed by atoms with Crippen molar-refractivity contribution in [1.29, 1.82) is 0 Å². The molecule has 1 aliphatic carbocycles. The first-order valence-corrected chi connectivity index (χ1v) is 8.64. The van der Waals surface area contributed by atoms with Crippen LogP contribution in [0.2, 0.25) is 0 Å². The molecule has 0 saturated heterocycles. The van der Waals surface area contributed by atoms with Crippen LogP contribution in [-0.2, 0) is 4.79 Å². The molecule has 0 amide bonds. The summed E-state index contributed by atoms with van der Waals surface area (Å²) < 4.78 is 2.06. The van der Waals surface area contributed by atoms with Crippen LogP contribution in [0.5, 0.6) is 0 Å². The van der Waals surface area contributed by atoms with Crippen LogP contribution in [0.15, 0.2) is 10.5 Å². The summed E-state index contributed by atoms with van der Waals surface area (Å²) in [6, 6.07) is 0.0330. The number of aromatic nitrogens is 4. The van der Waals surface area contributed by atoms with Crippen molar-refractivity contribution >= 4 is 29.1 Å². The van der Waals surface area contributed by atoms with Crippen molar-refractivity contribution in [3.63, 3.8) is 0 Å². The summed E-state index contributed by atoms with van der Waals surface area (Å²) in [6.45, 7) is 4.04. The van der Waals surface area contributed by atoms with E-state index in [0.717, 1.165) is 29.4 Å². The Morgan fingerprint density at radius 2 is 2.33 bits per heavy atom. The molecule has 1 fully saturated rings. The largest absolute Gasteiger partial charge is 0.481 e. The number of hydrogen-bond donors (Lipinski definition) is 1. The minimum atomic E-state index is -0.847. The average Bonchev–Trinajstić information content (AvgIpc) is 3.05. The van der Waals surface area contributed by atoms with Crippen LogP contribution in [0.1, 0.15) is 48.3 Å².